The van der Waals surface area contributed by atoms with Crippen LogP contribution in [0.2, 0.25) is 0 Å². The molecule has 5 nitrogen and oxygen atoms in total. The fourth-order valence-electron chi connectivity index (χ4n) is 1.57. The van der Waals surface area contributed by atoms with Crippen molar-refractivity contribution >= 4 is 17.7 Å². The van der Waals surface area contributed by atoms with E-state index in [9.17, 15) is 4.79 Å². The van der Waals surface area contributed by atoms with E-state index in [-0.39, 0.29) is 11.6 Å². The molecule has 6 heteroatoms. The lowest BCUT2D eigenvalue weighted by Gasteiger charge is -2.09. The summed E-state index contributed by atoms with van der Waals surface area (Å²) in [6, 6.07) is 0. The fourth-order valence-corrected chi connectivity index (χ4v) is 1.99. The van der Waals surface area contributed by atoms with E-state index in [1.807, 2.05) is 20.1 Å². The number of hydrogen-bond donors (Lipinski definition) is 1. The van der Waals surface area contributed by atoms with Crippen molar-refractivity contribution in [3.8, 4) is 0 Å². The van der Waals surface area contributed by atoms with E-state index >= 15 is 0 Å². The Hall–Kier alpha value is -1.04. The molecule has 0 radical (unpaired) electrons. The summed E-state index contributed by atoms with van der Waals surface area (Å²) in [4.78, 5) is 10.9. The summed E-state index contributed by atoms with van der Waals surface area (Å²) in [5.74, 6) is 0.162. The third-order valence-corrected chi connectivity index (χ3v) is 2.94. The Morgan fingerprint density at radius 2 is 2.25 bits per heavy atom. The average molecular weight is 243 g/mol. The highest BCUT2D eigenvalue weighted by Crippen LogP contribution is 2.18. The van der Waals surface area contributed by atoms with Crippen LogP contribution in [0.4, 0.5) is 0 Å². The first-order chi connectivity index (χ1) is 7.57. The van der Waals surface area contributed by atoms with Gasteiger partial charge in [-0.1, -0.05) is 19.1 Å². The SMILES string of the molecule is CSCCCn1nnc(C(=O)O)c1C(C)C. The predicted molar refractivity (Wildman–Crippen MR) is 64.1 cm³/mol. The van der Waals surface area contributed by atoms with Gasteiger partial charge in [0.05, 0.1) is 5.69 Å². The molecule has 0 aliphatic rings. The van der Waals surface area contributed by atoms with Gasteiger partial charge >= 0.3 is 5.97 Å². The monoisotopic (exact) mass is 243 g/mol. The van der Waals surface area contributed by atoms with Crippen LogP contribution in [0, 0.1) is 0 Å². The van der Waals surface area contributed by atoms with Gasteiger partial charge in [0.25, 0.3) is 0 Å². The maximum Gasteiger partial charge on any atom is 0.358 e. The largest absolute Gasteiger partial charge is 0.476 e. The number of aromatic carboxylic acids is 1. The number of aryl methyl sites for hydroxylation is 1. The van der Waals surface area contributed by atoms with Gasteiger partial charge in [-0.05, 0) is 24.3 Å². The minimum absolute atomic E-state index is 0.0825. The summed E-state index contributed by atoms with van der Waals surface area (Å²) >= 11 is 1.77. The van der Waals surface area contributed by atoms with Gasteiger partial charge in [-0.3, -0.25) is 0 Å². The molecule has 1 heterocycles. The van der Waals surface area contributed by atoms with Crippen molar-refractivity contribution < 1.29 is 9.90 Å². The number of carboxylic acids is 1. The molecule has 1 aromatic heterocycles. The molecule has 1 N–H and O–H groups in total. The van der Waals surface area contributed by atoms with E-state index in [1.54, 1.807) is 16.4 Å². The van der Waals surface area contributed by atoms with Crippen molar-refractivity contribution in [1.29, 1.82) is 0 Å². The molecule has 0 fully saturated rings. The molecule has 0 saturated heterocycles. The predicted octanol–water partition coefficient (Wildman–Crippen LogP) is 1.85. The lowest BCUT2D eigenvalue weighted by molar-refractivity contribution is 0.0688. The highest BCUT2D eigenvalue weighted by molar-refractivity contribution is 7.98. The van der Waals surface area contributed by atoms with Crippen LogP contribution in [0.25, 0.3) is 0 Å². The highest BCUT2D eigenvalue weighted by atomic mass is 32.2. The van der Waals surface area contributed by atoms with Crippen LogP contribution >= 0.6 is 11.8 Å². The number of hydrogen-bond acceptors (Lipinski definition) is 4. The van der Waals surface area contributed by atoms with E-state index < -0.39 is 5.97 Å². The molecule has 0 spiro atoms. The maximum absolute atomic E-state index is 10.9. The zero-order chi connectivity index (χ0) is 12.1. The van der Waals surface area contributed by atoms with Gasteiger partial charge in [0, 0.05) is 6.54 Å². The van der Waals surface area contributed by atoms with Crippen LogP contribution < -0.4 is 0 Å². The fraction of sp³-hybridized carbons (Fsp3) is 0.700. The average Bonchev–Trinajstić information content (AvgIpc) is 2.62. The molecule has 0 saturated carbocycles. The van der Waals surface area contributed by atoms with Crippen LogP contribution in [0.1, 0.15) is 42.4 Å². The molecule has 90 valence electrons. The second-order valence-corrected chi connectivity index (χ2v) is 4.84. The van der Waals surface area contributed by atoms with Gasteiger partial charge in [-0.2, -0.15) is 11.8 Å². The van der Waals surface area contributed by atoms with Gasteiger partial charge in [0.15, 0.2) is 5.69 Å². The van der Waals surface area contributed by atoms with E-state index in [0.717, 1.165) is 18.7 Å². The van der Waals surface area contributed by atoms with Crippen LogP contribution in [-0.2, 0) is 6.54 Å². The van der Waals surface area contributed by atoms with E-state index in [0.29, 0.717) is 5.69 Å². The van der Waals surface area contributed by atoms with Gasteiger partial charge in [0.2, 0.25) is 0 Å². The third-order valence-electron chi connectivity index (χ3n) is 2.24. The summed E-state index contributed by atoms with van der Waals surface area (Å²) in [7, 11) is 0. The van der Waals surface area contributed by atoms with Crippen molar-refractivity contribution in [3.05, 3.63) is 11.4 Å². The minimum atomic E-state index is -1.00. The summed E-state index contributed by atoms with van der Waals surface area (Å²) in [6.07, 6.45) is 3.02. The van der Waals surface area contributed by atoms with Crippen molar-refractivity contribution in [3.63, 3.8) is 0 Å². The van der Waals surface area contributed by atoms with Crippen LogP contribution in [0.5, 0.6) is 0 Å². The smallest absolute Gasteiger partial charge is 0.358 e. The molecule has 0 aromatic carbocycles. The molecular weight excluding hydrogens is 226 g/mol. The van der Waals surface area contributed by atoms with Crippen molar-refractivity contribution in [2.24, 2.45) is 0 Å². The molecule has 1 aromatic rings. The Morgan fingerprint density at radius 3 is 2.75 bits per heavy atom. The number of thioether (sulfide) groups is 1. The molecule has 0 aliphatic carbocycles. The number of carbonyl (C=O) groups is 1. The van der Waals surface area contributed by atoms with Gasteiger partial charge < -0.3 is 5.11 Å². The zero-order valence-electron chi connectivity index (χ0n) is 9.80. The van der Waals surface area contributed by atoms with Crippen molar-refractivity contribution in [2.45, 2.75) is 32.7 Å². The van der Waals surface area contributed by atoms with Crippen LogP contribution in [-0.4, -0.2) is 38.1 Å². The zero-order valence-corrected chi connectivity index (χ0v) is 10.6. The molecule has 0 atom stereocenters. The van der Waals surface area contributed by atoms with E-state index in [1.165, 1.54) is 0 Å². The molecular formula is C10H17N3O2S. The molecule has 16 heavy (non-hydrogen) atoms. The first kappa shape index (κ1) is 13.0. The molecule has 0 bridgehead atoms. The quantitative estimate of drug-likeness (QED) is 0.772. The van der Waals surface area contributed by atoms with Gasteiger partial charge in [-0.15, -0.1) is 5.10 Å². The number of aromatic nitrogens is 3. The Balaban J connectivity index is 2.87. The second-order valence-electron chi connectivity index (χ2n) is 3.85. The Bertz CT molecular complexity index is 363. The van der Waals surface area contributed by atoms with Gasteiger partial charge in [-0.25, -0.2) is 9.48 Å². The summed E-state index contributed by atoms with van der Waals surface area (Å²) in [5, 5.41) is 16.6. The van der Waals surface area contributed by atoms with Crippen LogP contribution in [0.3, 0.4) is 0 Å². The Morgan fingerprint density at radius 1 is 1.56 bits per heavy atom. The maximum atomic E-state index is 10.9. The normalized spacial score (nSPS) is 11.0. The van der Waals surface area contributed by atoms with Crippen molar-refractivity contribution in [1.82, 2.24) is 15.0 Å². The number of carboxylic acid groups (broad SMARTS) is 1. The second kappa shape index (κ2) is 5.89. The number of nitrogens with zero attached hydrogens (tertiary/aromatic N) is 3. The van der Waals surface area contributed by atoms with Crippen LogP contribution in [0.15, 0.2) is 0 Å². The standard InChI is InChI=1S/C10H17N3O2S/c1-7(2)9-8(10(14)15)11-12-13(9)5-4-6-16-3/h7H,4-6H2,1-3H3,(H,14,15). The van der Waals surface area contributed by atoms with E-state index in [4.69, 9.17) is 5.11 Å². The lowest BCUT2D eigenvalue weighted by Crippen LogP contribution is -2.10. The molecule has 1 rings (SSSR count). The summed E-state index contributed by atoms with van der Waals surface area (Å²) in [6.45, 7) is 4.64. The third kappa shape index (κ3) is 2.98. The highest BCUT2D eigenvalue weighted by Gasteiger charge is 2.20. The summed E-state index contributed by atoms with van der Waals surface area (Å²) in [5.41, 5.74) is 0.799. The first-order valence-corrected chi connectivity index (χ1v) is 6.63. The Labute approximate surface area is 99.2 Å². The number of rotatable bonds is 6. The molecule has 0 aliphatic heterocycles. The van der Waals surface area contributed by atoms with Crippen molar-refractivity contribution in [2.75, 3.05) is 12.0 Å². The minimum Gasteiger partial charge on any atom is -0.476 e. The molecule has 0 unspecified atom stereocenters. The first-order valence-electron chi connectivity index (χ1n) is 5.23. The van der Waals surface area contributed by atoms with Gasteiger partial charge in [0.1, 0.15) is 0 Å². The van der Waals surface area contributed by atoms with E-state index in [2.05, 4.69) is 10.3 Å². The lowest BCUT2D eigenvalue weighted by atomic mass is 10.1. The molecule has 0 amide bonds. The topological polar surface area (TPSA) is 68.0 Å². The summed E-state index contributed by atoms with van der Waals surface area (Å²) < 4.78 is 1.71. The Kier molecular flexibility index (Phi) is 4.79.